The van der Waals surface area contributed by atoms with Crippen LogP contribution in [0.2, 0.25) is 0 Å². The standard InChI is InChI=1S/C19H28O.2C19H26O.C2H6/c3*1-18-9-3-4-16(18)15-6-5-13-12-14(20)7-11-19(13,2)17(15)8-10-18;1-2/h3,5,9,14-17,20H,4,6-8,10-12H2,1-2H3;3,9,12,15-17H,4-8,10-11H2,1-2H3;3,5,9,15-17H,4,6-8,10-12H2,1-2H3;1-2H3. The Morgan fingerprint density at radius 1 is 0.484 bits per heavy atom. The Morgan fingerprint density at radius 2 is 0.952 bits per heavy atom. The molecular formula is C59H86O3. The van der Waals surface area contributed by atoms with Crippen molar-refractivity contribution in [3.8, 4) is 0 Å². The second-order valence-electron chi connectivity index (χ2n) is 24.6. The number of aliphatic hydroxyl groups excluding tert-OH is 1. The molecule has 0 heterocycles. The Hall–Kier alpha value is -2.26. The summed E-state index contributed by atoms with van der Waals surface area (Å²) in [7, 11) is 0. The lowest BCUT2D eigenvalue weighted by Crippen LogP contribution is -2.49. The molecule has 12 aliphatic rings. The van der Waals surface area contributed by atoms with Gasteiger partial charge in [-0.25, -0.2) is 0 Å². The molecule has 16 atom stereocenters. The van der Waals surface area contributed by atoms with Crippen LogP contribution in [0.3, 0.4) is 0 Å². The topological polar surface area (TPSA) is 54.4 Å². The van der Waals surface area contributed by atoms with Crippen LogP contribution in [0.4, 0.5) is 0 Å². The summed E-state index contributed by atoms with van der Waals surface area (Å²) in [6.45, 7) is 18.9. The average molecular weight is 843 g/mol. The maximum Gasteiger partial charge on any atom is 0.155 e. The van der Waals surface area contributed by atoms with Crippen molar-refractivity contribution in [2.75, 3.05) is 0 Å². The summed E-state index contributed by atoms with van der Waals surface area (Å²) in [5.41, 5.74) is 7.06. The highest BCUT2D eigenvalue weighted by molar-refractivity contribution is 5.91. The van der Waals surface area contributed by atoms with Crippen molar-refractivity contribution in [2.24, 2.45) is 85.8 Å². The minimum atomic E-state index is -0.0760. The fourth-order valence-corrected chi connectivity index (χ4v) is 18.1. The normalized spacial score (nSPS) is 49.9. The molecule has 0 saturated heterocycles. The van der Waals surface area contributed by atoms with Crippen LogP contribution in [0.5, 0.6) is 0 Å². The number of Topliss-reactive ketones (excluding diaryl/α,β-unsaturated/α-hetero) is 1. The summed E-state index contributed by atoms with van der Waals surface area (Å²) in [4.78, 5) is 23.6. The molecular weight excluding hydrogens is 757 g/mol. The first-order chi connectivity index (χ1) is 29.6. The van der Waals surface area contributed by atoms with E-state index >= 15 is 0 Å². The van der Waals surface area contributed by atoms with Gasteiger partial charge < -0.3 is 5.11 Å². The number of carbonyl (C=O) groups excluding carboxylic acids is 2. The monoisotopic (exact) mass is 843 g/mol. The summed E-state index contributed by atoms with van der Waals surface area (Å²) in [6.07, 6.45) is 46.6. The Balaban J connectivity index is 0.000000116. The van der Waals surface area contributed by atoms with Crippen LogP contribution < -0.4 is 0 Å². The minimum Gasteiger partial charge on any atom is -0.393 e. The minimum absolute atomic E-state index is 0.0760. The first-order valence-electron chi connectivity index (χ1n) is 26.4. The molecule has 0 aromatic heterocycles. The van der Waals surface area contributed by atoms with Crippen molar-refractivity contribution >= 4 is 11.6 Å². The predicted molar refractivity (Wildman–Crippen MR) is 256 cm³/mol. The molecule has 16 unspecified atom stereocenters. The molecule has 62 heavy (non-hydrogen) atoms. The number of rotatable bonds is 0. The number of hydrogen-bond acceptors (Lipinski definition) is 3. The van der Waals surface area contributed by atoms with Crippen LogP contribution in [-0.2, 0) is 9.59 Å². The van der Waals surface area contributed by atoms with Gasteiger partial charge in [-0.2, -0.15) is 0 Å². The second kappa shape index (κ2) is 16.6. The Bertz CT molecular complexity index is 1940. The first kappa shape index (κ1) is 44.9. The van der Waals surface area contributed by atoms with Gasteiger partial charge in [-0.3, -0.25) is 9.59 Å². The van der Waals surface area contributed by atoms with Gasteiger partial charge in [0.1, 0.15) is 5.78 Å². The van der Waals surface area contributed by atoms with E-state index in [9.17, 15) is 14.7 Å². The Kier molecular flexibility index (Phi) is 12.0. The smallest absolute Gasteiger partial charge is 0.155 e. The average Bonchev–Trinajstić information content (AvgIpc) is 3.98. The van der Waals surface area contributed by atoms with Crippen molar-refractivity contribution in [2.45, 2.75) is 196 Å². The predicted octanol–water partition coefficient (Wildman–Crippen LogP) is 14.9. The van der Waals surface area contributed by atoms with Crippen molar-refractivity contribution in [3.63, 3.8) is 0 Å². The van der Waals surface area contributed by atoms with Crippen LogP contribution in [0, 0.1) is 85.8 Å². The molecule has 0 amide bonds. The fraction of sp³-hybridized carbons (Fsp3) is 0.763. The molecule has 0 aromatic rings. The number of fused-ring (bicyclic) bond motifs is 15. The molecule has 0 radical (unpaired) electrons. The van der Waals surface area contributed by atoms with Gasteiger partial charge in [0.2, 0.25) is 0 Å². The largest absolute Gasteiger partial charge is 0.393 e. The van der Waals surface area contributed by atoms with E-state index in [1.54, 1.807) is 5.57 Å². The van der Waals surface area contributed by atoms with Gasteiger partial charge in [-0.15, -0.1) is 0 Å². The van der Waals surface area contributed by atoms with E-state index in [1.807, 2.05) is 19.9 Å². The highest BCUT2D eigenvalue weighted by Gasteiger charge is 2.58. The molecule has 6 fully saturated rings. The molecule has 0 spiro atoms. The van der Waals surface area contributed by atoms with Crippen LogP contribution in [0.15, 0.2) is 71.4 Å². The summed E-state index contributed by atoms with van der Waals surface area (Å²) in [5, 5.41) is 10.00. The third-order valence-corrected chi connectivity index (χ3v) is 22.0. The van der Waals surface area contributed by atoms with Crippen LogP contribution in [0.1, 0.15) is 190 Å². The first-order valence-corrected chi connectivity index (χ1v) is 26.4. The fourth-order valence-electron chi connectivity index (χ4n) is 18.1. The summed E-state index contributed by atoms with van der Waals surface area (Å²) >= 11 is 0. The maximum atomic E-state index is 11.8. The zero-order valence-corrected chi connectivity index (χ0v) is 40.6. The quantitative estimate of drug-likeness (QED) is 0.247. The van der Waals surface area contributed by atoms with Crippen molar-refractivity contribution in [1.29, 1.82) is 0 Å². The lowest BCUT2D eigenvalue weighted by atomic mass is 9.47. The van der Waals surface area contributed by atoms with E-state index in [2.05, 4.69) is 90.2 Å². The van der Waals surface area contributed by atoms with E-state index < -0.39 is 0 Å². The molecule has 12 rings (SSSR count). The number of carbonyl (C=O) groups is 2. The molecule has 0 aliphatic heterocycles. The van der Waals surface area contributed by atoms with E-state index in [0.717, 1.165) is 98.2 Å². The van der Waals surface area contributed by atoms with Crippen LogP contribution >= 0.6 is 0 Å². The van der Waals surface area contributed by atoms with E-state index in [1.165, 1.54) is 101 Å². The van der Waals surface area contributed by atoms with Gasteiger partial charge in [0.25, 0.3) is 0 Å². The zero-order valence-electron chi connectivity index (χ0n) is 40.6. The van der Waals surface area contributed by atoms with Crippen molar-refractivity contribution in [3.05, 3.63) is 71.4 Å². The van der Waals surface area contributed by atoms with Gasteiger partial charge in [0, 0.05) is 19.3 Å². The van der Waals surface area contributed by atoms with Gasteiger partial charge in [-0.05, 0) is 207 Å². The second-order valence-corrected chi connectivity index (χ2v) is 24.6. The third-order valence-electron chi connectivity index (χ3n) is 22.0. The number of allylic oxidation sites excluding steroid dienone is 11. The summed E-state index contributed by atoms with van der Waals surface area (Å²) < 4.78 is 0. The molecule has 3 heteroatoms. The van der Waals surface area contributed by atoms with Gasteiger partial charge in [0.05, 0.1) is 6.10 Å². The van der Waals surface area contributed by atoms with Crippen LogP contribution in [0.25, 0.3) is 0 Å². The Labute approximate surface area is 378 Å². The molecule has 1 N–H and O–H groups in total. The van der Waals surface area contributed by atoms with Gasteiger partial charge in [-0.1, -0.05) is 121 Å². The molecule has 0 aromatic carbocycles. The van der Waals surface area contributed by atoms with E-state index in [4.69, 9.17) is 0 Å². The van der Waals surface area contributed by atoms with E-state index in [-0.39, 0.29) is 6.10 Å². The lowest BCUT2D eigenvalue weighted by molar-refractivity contribution is -0.122. The summed E-state index contributed by atoms with van der Waals surface area (Å²) in [5.74, 6) is 8.59. The molecule has 12 aliphatic carbocycles. The molecule has 0 bridgehead atoms. The van der Waals surface area contributed by atoms with Gasteiger partial charge in [0.15, 0.2) is 5.78 Å². The number of hydrogen-bond donors (Lipinski definition) is 1. The SMILES string of the molecule is CC.CC12C=CCC1C1CC=C3CC(=O)CCC3(C)C1CC2.CC12C=CCC1C1CC=C3CC(O)CCC3(C)C1CC2.CC12C=CCC1C1CCC3=CC(=O)CCC3(C)C1CC2. The highest BCUT2D eigenvalue weighted by Crippen LogP contribution is 2.66. The highest BCUT2D eigenvalue weighted by atomic mass is 16.3. The van der Waals surface area contributed by atoms with E-state index in [0.29, 0.717) is 44.1 Å². The van der Waals surface area contributed by atoms with Gasteiger partial charge >= 0.3 is 0 Å². The number of ketones is 2. The third kappa shape index (κ3) is 7.28. The maximum absolute atomic E-state index is 11.8. The van der Waals surface area contributed by atoms with Crippen molar-refractivity contribution < 1.29 is 14.7 Å². The van der Waals surface area contributed by atoms with Crippen molar-refractivity contribution in [1.82, 2.24) is 0 Å². The zero-order chi connectivity index (χ0) is 43.9. The molecule has 6 saturated carbocycles. The molecule has 340 valence electrons. The Morgan fingerprint density at radius 3 is 1.52 bits per heavy atom. The number of aliphatic hydroxyl groups is 1. The van der Waals surface area contributed by atoms with Crippen LogP contribution in [-0.4, -0.2) is 22.8 Å². The molecule has 3 nitrogen and oxygen atoms in total. The summed E-state index contributed by atoms with van der Waals surface area (Å²) in [6, 6.07) is 0. The lowest BCUT2D eigenvalue weighted by Gasteiger charge is -2.57.